The average molecular weight is 362 g/mol. The van der Waals surface area contributed by atoms with Gasteiger partial charge in [-0.15, -0.1) is 0 Å². The van der Waals surface area contributed by atoms with Gasteiger partial charge in [0.2, 0.25) is 0 Å². The van der Waals surface area contributed by atoms with Gasteiger partial charge in [-0.25, -0.2) is 0 Å². The van der Waals surface area contributed by atoms with E-state index in [0.29, 0.717) is 38.8 Å². The first kappa shape index (κ1) is 24.6. The van der Waals surface area contributed by atoms with Crippen LogP contribution in [0.2, 0.25) is 0 Å². The number of hydrogen-bond acceptors (Lipinski definition) is 6. The molecular formula is C13H30N8O4. The number of carbonyl (C=O) groups is 2. The molecule has 2 unspecified atom stereocenters. The molecule has 0 radical (unpaired) electrons. The highest BCUT2D eigenvalue weighted by Gasteiger charge is 2.10. The monoisotopic (exact) mass is 362 g/mol. The fraction of sp³-hybridized carbons (Fsp3) is 0.692. The third kappa shape index (κ3) is 19.4. The number of nitrogens with zero attached hydrogens (tertiary/aromatic N) is 2. The highest BCUT2D eigenvalue weighted by molar-refractivity contribution is 5.76. The van der Waals surface area contributed by atoms with Gasteiger partial charge in [0.15, 0.2) is 11.9 Å². The maximum Gasteiger partial charge on any atom is 0.320 e. The maximum atomic E-state index is 10.3. The Hall–Kier alpha value is -2.60. The molecule has 0 fully saturated rings. The lowest BCUT2D eigenvalue weighted by Gasteiger charge is -2.04. The SMILES string of the molecule is NC(N)=NCCCC(N)C(=O)O.NC(N)=NCCCCC(N)C(=O)O. The summed E-state index contributed by atoms with van der Waals surface area (Å²) >= 11 is 0. The standard InChI is InChI=1S/C7H16N4O2.C6H14N4O2/c8-5(6(12)13)3-1-2-4-11-7(9)10;7-4(5(11)12)2-1-3-10-6(8)9/h5H,1-4,8H2,(H,12,13)(H4,9,10,11);4H,1-3,7H2,(H,11,12)(H4,8,9,10). The summed E-state index contributed by atoms with van der Waals surface area (Å²) in [6.45, 7) is 0.942. The highest BCUT2D eigenvalue weighted by Crippen LogP contribution is 1.99. The molecule has 0 bridgehead atoms. The van der Waals surface area contributed by atoms with Crippen LogP contribution >= 0.6 is 0 Å². The molecule has 0 aromatic rings. The van der Waals surface area contributed by atoms with Crippen molar-refractivity contribution in [3.05, 3.63) is 0 Å². The molecule has 12 heteroatoms. The van der Waals surface area contributed by atoms with Gasteiger partial charge in [-0.1, -0.05) is 0 Å². The summed E-state index contributed by atoms with van der Waals surface area (Å²) in [5.41, 5.74) is 30.8. The second-order valence-electron chi connectivity index (χ2n) is 5.14. The van der Waals surface area contributed by atoms with Crippen molar-refractivity contribution in [3.8, 4) is 0 Å². The Morgan fingerprint density at radius 1 is 0.720 bits per heavy atom. The van der Waals surface area contributed by atoms with E-state index >= 15 is 0 Å². The lowest BCUT2D eigenvalue weighted by Crippen LogP contribution is -2.30. The number of guanidine groups is 2. The van der Waals surface area contributed by atoms with Crippen LogP contribution < -0.4 is 34.4 Å². The number of nitrogens with two attached hydrogens (primary N) is 6. The molecule has 0 aromatic heterocycles. The predicted molar refractivity (Wildman–Crippen MR) is 95.7 cm³/mol. The Balaban J connectivity index is 0. The summed E-state index contributed by atoms with van der Waals surface area (Å²) in [5, 5.41) is 16.8. The van der Waals surface area contributed by atoms with Crippen molar-refractivity contribution >= 4 is 23.9 Å². The van der Waals surface area contributed by atoms with E-state index in [9.17, 15) is 9.59 Å². The number of carboxylic acids is 2. The molecule has 2 atom stereocenters. The Morgan fingerprint density at radius 2 is 1.08 bits per heavy atom. The van der Waals surface area contributed by atoms with E-state index in [0.717, 1.165) is 6.42 Å². The quantitative estimate of drug-likeness (QED) is 0.107. The lowest BCUT2D eigenvalue weighted by molar-refractivity contribution is -0.139. The molecule has 0 saturated carbocycles. The van der Waals surface area contributed by atoms with Crippen LogP contribution in [-0.4, -0.2) is 59.2 Å². The van der Waals surface area contributed by atoms with Crippen molar-refractivity contribution in [2.75, 3.05) is 13.1 Å². The third-order valence-electron chi connectivity index (χ3n) is 2.82. The minimum absolute atomic E-state index is 0.0129. The van der Waals surface area contributed by atoms with Crippen molar-refractivity contribution in [1.29, 1.82) is 0 Å². The van der Waals surface area contributed by atoms with Crippen LogP contribution in [0.5, 0.6) is 0 Å². The first-order valence-electron chi connectivity index (χ1n) is 7.65. The van der Waals surface area contributed by atoms with Crippen molar-refractivity contribution in [3.63, 3.8) is 0 Å². The van der Waals surface area contributed by atoms with Gasteiger partial charge in [0.1, 0.15) is 12.1 Å². The molecule has 0 aliphatic rings. The van der Waals surface area contributed by atoms with E-state index in [4.69, 9.17) is 44.6 Å². The summed E-state index contributed by atoms with van der Waals surface area (Å²) in [6.07, 6.45) is 2.87. The number of aliphatic carboxylic acids is 2. The number of aliphatic imine (C=N–C) groups is 2. The second-order valence-corrected chi connectivity index (χ2v) is 5.14. The van der Waals surface area contributed by atoms with Gasteiger partial charge in [-0.3, -0.25) is 19.6 Å². The fourth-order valence-corrected chi connectivity index (χ4v) is 1.45. The Bertz CT molecular complexity index is 447. The van der Waals surface area contributed by atoms with Crippen LogP contribution in [0.3, 0.4) is 0 Å². The van der Waals surface area contributed by atoms with Crippen LogP contribution in [0.1, 0.15) is 32.1 Å². The van der Waals surface area contributed by atoms with E-state index in [2.05, 4.69) is 9.98 Å². The van der Waals surface area contributed by atoms with E-state index in [-0.39, 0.29) is 11.9 Å². The lowest BCUT2D eigenvalue weighted by atomic mass is 10.1. The summed E-state index contributed by atoms with van der Waals surface area (Å²) in [7, 11) is 0. The van der Waals surface area contributed by atoms with Gasteiger partial charge in [0, 0.05) is 13.1 Å². The predicted octanol–water partition coefficient (Wildman–Crippen LogP) is -2.71. The minimum Gasteiger partial charge on any atom is -0.480 e. The Labute approximate surface area is 146 Å². The topological polar surface area (TPSA) is 255 Å². The van der Waals surface area contributed by atoms with E-state index in [1.165, 1.54) is 0 Å². The maximum absolute atomic E-state index is 10.3. The van der Waals surface area contributed by atoms with E-state index in [1.807, 2.05) is 0 Å². The number of carboxylic acid groups (broad SMARTS) is 2. The smallest absolute Gasteiger partial charge is 0.320 e. The molecule has 25 heavy (non-hydrogen) atoms. The summed E-state index contributed by atoms with van der Waals surface area (Å²) in [5.74, 6) is -1.90. The Morgan fingerprint density at radius 3 is 1.44 bits per heavy atom. The van der Waals surface area contributed by atoms with Crippen LogP contribution in [0.4, 0.5) is 0 Å². The largest absolute Gasteiger partial charge is 0.480 e. The van der Waals surface area contributed by atoms with E-state index in [1.54, 1.807) is 0 Å². The highest BCUT2D eigenvalue weighted by atomic mass is 16.4. The molecule has 0 rings (SSSR count). The van der Waals surface area contributed by atoms with Gasteiger partial charge >= 0.3 is 11.9 Å². The Kier molecular flexibility index (Phi) is 14.7. The molecule has 146 valence electrons. The van der Waals surface area contributed by atoms with Crippen LogP contribution in [0, 0.1) is 0 Å². The normalized spacial score (nSPS) is 12.1. The van der Waals surface area contributed by atoms with Gasteiger partial charge in [-0.2, -0.15) is 0 Å². The molecule has 12 nitrogen and oxygen atoms in total. The number of hydrogen-bond donors (Lipinski definition) is 8. The zero-order valence-electron chi connectivity index (χ0n) is 14.2. The number of rotatable bonds is 11. The molecule has 0 aliphatic carbocycles. The molecular weight excluding hydrogens is 332 g/mol. The third-order valence-corrected chi connectivity index (χ3v) is 2.82. The molecule has 0 amide bonds. The zero-order chi connectivity index (χ0) is 19.8. The molecule has 0 saturated heterocycles. The molecule has 0 spiro atoms. The fourth-order valence-electron chi connectivity index (χ4n) is 1.45. The van der Waals surface area contributed by atoms with Gasteiger partial charge < -0.3 is 44.6 Å². The van der Waals surface area contributed by atoms with Crippen LogP contribution in [-0.2, 0) is 9.59 Å². The molecule has 0 heterocycles. The number of unbranched alkanes of at least 4 members (excludes halogenated alkanes) is 1. The van der Waals surface area contributed by atoms with Crippen LogP contribution in [0.15, 0.2) is 9.98 Å². The summed E-state index contributed by atoms with van der Waals surface area (Å²) in [6, 6.07) is -1.60. The molecule has 0 aromatic carbocycles. The zero-order valence-corrected chi connectivity index (χ0v) is 14.2. The minimum atomic E-state index is -1.00. The first-order chi connectivity index (χ1) is 11.6. The van der Waals surface area contributed by atoms with Gasteiger partial charge in [0.25, 0.3) is 0 Å². The van der Waals surface area contributed by atoms with Gasteiger partial charge in [-0.05, 0) is 32.1 Å². The van der Waals surface area contributed by atoms with Crippen LogP contribution in [0.25, 0.3) is 0 Å². The first-order valence-corrected chi connectivity index (χ1v) is 7.65. The van der Waals surface area contributed by atoms with Crippen molar-refractivity contribution < 1.29 is 19.8 Å². The summed E-state index contributed by atoms with van der Waals surface area (Å²) < 4.78 is 0. The molecule has 0 aliphatic heterocycles. The average Bonchev–Trinajstić information content (AvgIpc) is 2.50. The van der Waals surface area contributed by atoms with Gasteiger partial charge in [0.05, 0.1) is 0 Å². The van der Waals surface area contributed by atoms with Crippen molar-refractivity contribution in [2.45, 2.75) is 44.2 Å². The van der Waals surface area contributed by atoms with Crippen molar-refractivity contribution in [1.82, 2.24) is 0 Å². The molecule has 14 N–H and O–H groups in total. The van der Waals surface area contributed by atoms with Crippen molar-refractivity contribution in [2.24, 2.45) is 44.4 Å². The summed E-state index contributed by atoms with van der Waals surface area (Å²) in [4.78, 5) is 27.9. The van der Waals surface area contributed by atoms with E-state index < -0.39 is 24.0 Å². The second kappa shape index (κ2) is 15.0.